The predicted octanol–water partition coefficient (Wildman–Crippen LogP) is 2.37. The monoisotopic (exact) mass is 264 g/mol. The first-order chi connectivity index (χ1) is 8.69. The van der Waals surface area contributed by atoms with Crippen molar-refractivity contribution in [3.8, 4) is 11.3 Å². The SMILES string of the molecule is COC(=O)Nc1cc(-c2ccnc(Cl)n2)ccn1. The number of rotatable bonds is 2. The number of pyridine rings is 1. The van der Waals surface area contributed by atoms with Crippen molar-refractivity contribution < 1.29 is 9.53 Å². The first kappa shape index (κ1) is 12.3. The Morgan fingerprint density at radius 3 is 2.83 bits per heavy atom. The van der Waals surface area contributed by atoms with Crippen LogP contribution in [0.3, 0.4) is 0 Å². The van der Waals surface area contributed by atoms with E-state index in [-0.39, 0.29) is 5.28 Å². The first-order valence-corrected chi connectivity index (χ1v) is 5.37. The zero-order chi connectivity index (χ0) is 13.0. The zero-order valence-electron chi connectivity index (χ0n) is 9.42. The molecule has 0 saturated carbocycles. The van der Waals surface area contributed by atoms with E-state index in [1.807, 2.05) is 0 Å². The van der Waals surface area contributed by atoms with Crippen molar-refractivity contribution in [2.24, 2.45) is 0 Å². The molecule has 0 aromatic carbocycles. The number of anilines is 1. The van der Waals surface area contributed by atoms with Gasteiger partial charge in [0, 0.05) is 18.0 Å². The van der Waals surface area contributed by atoms with Gasteiger partial charge in [0.25, 0.3) is 0 Å². The molecule has 7 heteroatoms. The van der Waals surface area contributed by atoms with Gasteiger partial charge in [-0.2, -0.15) is 0 Å². The maximum absolute atomic E-state index is 11.1. The Labute approximate surface area is 108 Å². The van der Waals surface area contributed by atoms with E-state index in [1.54, 1.807) is 30.6 Å². The van der Waals surface area contributed by atoms with Crippen LogP contribution in [0.4, 0.5) is 10.6 Å². The smallest absolute Gasteiger partial charge is 0.412 e. The van der Waals surface area contributed by atoms with Crippen molar-refractivity contribution in [1.29, 1.82) is 0 Å². The molecule has 2 aromatic rings. The summed E-state index contributed by atoms with van der Waals surface area (Å²) < 4.78 is 4.48. The molecular formula is C11H9ClN4O2. The van der Waals surface area contributed by atoms with Crippen molar-refractivity contribution >= 4 is 23.5 Å². The number of methoxy groups -OCH3 is 1. The summed E-state index contributed by atoms with van der Waals surface area (Å²) in [6, 6.07) is 5.12. The quantitative estimate of drug-likeness (QED) is 0.843. The summed E-state index contributed by atoms with van der Waals surface area (Å²) in [4.78, 5) is 22.9. The van der Waals surface area contributed by atoms with E-state index in [0.29, 0.717) is 11.5 Å². The molecule has 0 atom stereocenters. The van der Waals surface area contributed by atoms with E-state index < -0.39 is 6.09 Å². The second-order valence-electron chi connectivity index (χ2n) is 3.26. The van der Waals surface area contributed by atoms with E-state index in [1.165, 1.54) is 7.11 Å². The molecular weight excluding hydrogens is 256 g/mol. The van der Waals surface area contributed by atoms with E-state index in [2.05, 4.69) is 25.0 Å². The summed E-state index contributed by atoms with van der Waals surface area (Å²) >= 11 is 5.71. The fraction of sp³-hybridized carbons (Fsp3) is 0.0909. The van der Waals surface area contributed by atoms with Gasteiger partial charge in [0.2, 0.25) is 5.28 Å². The number of halogens is 1. The molecule has 92 valence electrons. The highest BCUT2D eigenvalue weighted by Gasteiger charge is 2.05. The molecule has 0 aliphatic rings. The fourth-order valence-corrected chi connectivity index (χ4v) is 1.46. The molecule has 0 unspecified atom stereocenters. The number of carbonyl (C=O) groups is 1. The highest BCUT2D eigenvalue weighted by molar-refractivity contribution is 6.28. The van der Waals surface area contributed by atoms with Gasteiger partial charge in [0.15, 0.2) is 0 Å². The number of aromatic nitrogens is 3. The molecule has 2 heterocycles. The minimum absolute atomic E-state index is 0.159. The number of nitrogens with one attached hydrogen (secondary N) is 1. The minimum Gasteiger partial charge on any atom is -0.453 e. The second-order valence-corrected chi connectivity index (χ2v) is 3.60. The van der Waals surface area contributed by atoms with Crippen molar-refractivity contribution in [3.05, 3.63) is 35.9 Å². The number of nitrogens with zero attached hydrogens (tertiary/aromatic N) is 3. The Hall–Kier alpha value is -2.21. The molecule has 0 fully saturated rings. The van der Waals surface area contributed by atoms with Crippen molar-refractivity contribution in [2.75, 3.05) is 12.4 Å². The summed E-state index contributed by atoms with van der Waals surface area (Å²) in [7, 11) is 1.28. The summed E-state index contributed by atoms with van der Waals surface area (Å²) in [6.45, 7) is 0. The van der Waals surface area contributed by atoms with Crippen LogP contribution >= 0.6 is 11.6 Å². The first-order valence-electron chi connectivity index (χ1n) is 4.99. The van der Waals surface area contributed by atoms with Gasteiger partial charge in [-0.1, -0.05) is 0 Å². The third-order valence-electron chi connectivity index (χ3n) is 2.10. The van der Waals surface area contributed by atoms with Crippen molar-refractivity contribution in [3.63, 3.8) is 0 Å². The number of hydrogen-bond donors (Lipinski definition) is 1. The molecule has 0 bridgehead atoms. The lowest BCUT2D eigenvalue weighted by Gasteiger charge is -2.05. The maximum atomic E-state index is 11.1. The van der Waals surface area contributed by atoms with Crippen LogP contribution in [0.15, 0.2) is 30.6 Å². The van der Waals surface area contributed by atoms with Crippen LogP contribution in [0, 0.1) is 0 Å². The molecule has 0 spiro atoms. The standard InChI is InChI=1S/C11H9ClN4O2/c1-18-11(17)16-9-6-7(2-4-13-9)8-3-5-14-10(12)15-8/h2-6H,1H3,(H,13,16,17). The topological polar surface area (TPSA) is 77.0 Å². The molecule has 1 N–H and O–H groups in total. The van der Waals surface area contributed by atoms with Gasteiger partial charge in [0.1, 0.15) is 5.82 Å². The molecule has 18 heavy (non-hydrogen) atoms. The highest BCUT2D eigenvalue weighted by atomic mass is 35.5. The van der Waals surface area contributed by atoms with Gasteiger partial charge >= 0.3 is 6.09 Å². The normalized spacial score (nSPS) is 9.89. The van der Waals surface area contributed by atoms with Gasteiger partial charge < -0.3 is 4.74 Å². The molecule has 0 aliphatic carbocycles. The molecule has 6 nitrogen and oxygen atoms in total. The number of ether oxygens (including phenoxy) is 1. The average Bonchev–Trinajstić information content (AvgIpc) is 2.39. The Morgan fingerprint density at radius 1 is 1.33 bits per heavy atom. The molecule has 2 rings (SSSR count). The largest absolute Gasteiger partial charge is 0.453 e. The number of carbonyl (C=O) groups excluding carboxylic acids is 1. The van der Waals surface area contributed by atoms with Crippen molar-refractivity contribution in [2.45, 2.75) is 0 Å². The molecule has 1 amide bonds. The van der Waals surface area contributed by atoms with Crippen molar-refractivity contribution in [1.82, 2.24) is 15.0 Å². The molecule has 2 aromatic heterocycles. The van der Waals surface area contributed by atoms with Crippen LogP contribution in [0.2, 0.25) is 5.28 Å². The Balaban J connectivity index is 2.29. The Kier molecular flexibility index (Phi) is 3.69. The maximum Gasteiger partial charge on any atom is 0.412 e. The number of hydrogen-bond acceptors (Lipinski definition) is 5. The second kappa shape index (κ2) is 5.42. The summed E-state index contributed by atoms with van der Waals surface area (Å²) in [5, 5.41) is 2.63. The Bertz CT molecular complexity index is 576. The van der Waals surface area contributed by atoms with Gasteiger partial charge in [0.05, 0.1) is 12.8 Å². The lowest BCUT2D eigenvalue weighted by atomic mass is 10.2. The summed E-state index contributed by atoms with van der Waals surface area (Å²) in [6.07, 6.45) is 2.52. The lowest BCUT2D eigenvalue weighted by molar-refractivity contribution is 0.187. The van der Waals surface area contributed by atoms with Crippen LogP contribution in [0.25, 0.3) is 11.3 Å². The van der Waals surface area contributed by atoms with E-state index in [4.69, 9.17) is 11.6 Å². The molecule has 0 radical (unpaired) electrons. The van der Waals surface area contributed by atoms with Crippen LogP contribution in [-0.4, -0.2) is 28.2 Å². The van der Waals surface area contributed by atoms with Gasteiger partial charge in [-0.15, -0.1) is 0 Å². The number of amides is 1. The third kappa shape index (κ3) is 2.92. The Morgan fingerprint density at radius 2 is 2.11 bits per heavy atom. The summed E-state index contributed by atoms with van der Waals surface area (Å²) in [5.41, 5.74) is 1.41. The zero-order valence-corrected chi connectivity index (χ0v) is 10.2. The third-order valence-corrected chi connectivity index (χ3v) is 2.28. The fourth-order valence-electron chi connectivity index (χ4n) is 1.31. The summed E-state index contributed by atoms with van der Waals surface area (Å²) in [5.74, 6) is 0.370. The average molecular weight is 265 g/mol. The van der Waals surface area contributed by atoms with Crippen LogP contribution < -0.4 is 5.32 Å². The predicted molar refractivity (Wildman–Crippen MR) is 66.3 cm³/mol. The van der Waals surface area contributed by atoms with Gasteiger partial charge in [-0.25, -0.2) is 19.7 Å². The van der Waals surface area contributed by atoms with E-state index in [9.17, 15) is 4.79 Å². The highest BCUT2D eigenvalue weighted by Crippen LogP contribution is 2.19. The van der Waals surface area contributed by atoms with Gasteiger partial charge in [-0.05, 0) is 29.8 Å². The van der Waals surface area contributed by atoms with E-state index >= 15 is 0 Å². The van der Waals surface area contributed by atoms with Crippen LogP contribution in [-0.2, 0) is 4.74 Å². The molecule has 0 aliphatic heterocycles. The van der Waals surface area contributed by atoms with Crippen LogP contribution in [0.5, 0.6) is 0 Å². The van der Waals surface area contributed by atoms with Gasteiger partial charge in [-0.3, -0.25) is 5.32 Å². The lowest BCUT2D eigenvalue weighted by Crippen LogP contribution is -2.11. The van der Waals surface area contributed by atoms with E-state index in [0.717, 1.165) is 5.56 Å². The van der Waals surface area contributed by atoms with Crippen LogP contribution in [0.1, 0.15) is 0 Å². The molecule has 0 saturated heterocycles. The minimum atomic E-state index is -0.583.